The van der Waals surface area contributed by atoms with E-state index in [9.17, 15) is 13.2 Å². The number of carbonyl (C=O) groups is 1. The van der Waals surface area contributed by atoms with Gasteiger partial charge in [-0.2, -0.15) is 17.0 Å². The molecule has 1 aliphatic carbocycles. The van der Waals surface area contributed by atoms with Gasteiger partial charge in [0.05, 0.1) is 18.1 Å². The van der Waals surface area contributed by atoms with E-state index in [0.29, 0.717) is 52.5 Å². The van der Waals surface area contributed by atoms with E-state index in [1.807, 2.05) is 6.07 Å². The Morgan fingerprint density at radius 2 is 1.68 bits per heavy atom. The van der Waals surface area contributed by atoms with Gasteiger partial charge in [-0.25, -0.2) is 0 Å². The van der Waals surface area contributed by atoms with Crippen LogP contribution in [0.2, 0.25) is 0 Å². The fourth-order valence-electron chi connectivity index (χ4n) is 3.65. The largest absolute Gasteiger partial charge is 0.379 e. The zero-order chi connectivity index (χ0) is 17.4. The zero-order valence-corrected chi connectivity index (χ0v) is 15.8. The first kappa shape index (κ1) is 17.4. The summed E-state index contributed by atoms with van der Waals surface area (Å²) >= 11 is 1.61. The Morgan fingerprint density at radius 3 is 2.36 bits per heavy atom. The van der Waals surface area contributed by atoms with Crippen LogP contribution in [0.25, 0.3) is 0 Å². The van der Waals surface area contributed by atoms with Gasteiger partial charge in [0.25, 0.3) is 16.1 Å². The van der Waals surface area contributed by atoms with Crippen LogP contribution in [0.5, 0.6) is 0 Å². The Labute approximate surface area is 152 Å². The van der Waals surface area contributed by atoms with Crippen molar-refractivity contribution < 1.29 is 17.9 Å². The predicted octanol–water partition coefficient (Wildman–Crippen LogP) is 0.572. The Balaban J connectivity index is 1.38. The first-order chi connectivity index (χ1) is 12.1. The number of thiophene rings is 1. The van der Waals surface area contributed by atoms with Gasteiger partial charge in [0.1, 0.15) is 0 Å². The van der Waals surface area contributed by atoms with Crippen molar-refractivity contribution >= 4 is 27.5 Å². The topological polar surface area (TPSA) is 70.2 Å². The Kier molecular flexibility index (Phi) is 4.85. The molecule has 0 spiro atoms. The second-order valence-corrected chi connectivity index (χ2v) is 9.69. The number of piperazine rings is 1. The molecule has 0 atom stereocenters. The molecule has 2 fully saturated rings. The maximum Gasteiger partial charge on any atom is 0.282 e. The number of aryl methyl sites for hydroxylation is 2. The monoisotopic (exact) mass is 385 g/mol. The van der Waals surface area contributed by atoms with Crippen LogP contribution in [0.15, 0.2) is 6.07 Å². The highest BCUT2D eigenvalue weighted by atomic mass is 32.2. The van der Waals surface area contributed by atoms with Gasteiger partial charge in [-0.15, -0.1) is 11.3 Å². The fourth-order valence-corrected chi connectivity index (χ4v) is 6.44. The summed E-state index contributed by atoms with van der Waals surface area (Å²) in [7, 11) is -3.44. The van der Waals surface area contributed by atoms with E-state index in [2.05, 4.69) is 0 Å². The summed E-state index contributed by atoms with van der Waals surface area (Å²) in [6.45, 7) is 3.31. The molecule has 0 unspecified atom stereocenters. The van der Waals surface area contributed by atoms with Gasteiger partial charge in [-0.1, -0.05) is 0 Å². The molecule has 0 saturated carbocycles. The molecular formula is C16H23N3O4S2. The van der Waals surface area contributed by atoms with Crippen molar-refractivity contribution in [1.82, 2.24) is 13.5 Å². The van der Waals surface area contributed by atoms with Crippen molar-refractivity contribution in [2.24, 2.45) is 0 Å². The molecule has 2 aliphatic heterocycles. The number of morpholine rings is 1. The van der Waals surface area contributed by atoms with Crippen LogP contribution >= 0.6 is 11.3 Å². The van der Waals surface area contributed by atoms with Crippen molar-refractivity contribution in [3.05, 3.63) is 21.4 Å². The normalized spacial score (nSPS) is 23.0. The van der Waals surface area contributed by atoms with E-state index < -0.39 is 10.2 Å². The Hall–Kier alpha value is -1.00. The lowest BCUT2D eigenvalue weighted by Crippen LogP contribution is -2.55. The third-order valence-electron chi connectivity index (χ3n) is 5.11. The standard InChI is InChI=1S/C16H23N3O4S2/c20-16(15-12-13-2-1-3-14(13)24-15)17-4-6-18(7-5-17)25(21,22)19-8-10-23-11-9-19/h12H,1-11H2. The molecule has 1 aromatic heterocycles. The zero-order valence-electron chi connectivity index (χ0n) is 14.1. The summed E-state index contributed by atoms with van der Waals surface area (Å²) in [6.07, 6.45) is 3.34. The maximum absolute atomic E-state index is 12.7. The van der Waals surface area contributed by atoms with Crippen molar-refractivity contribution in [3.63, 3.8) is 0 Å². The molecule has 4 rings (SSSR count). The van der Waals surface area contributed by atoms with E-state index in [4.69, 9.17) is 4.74 Å². The quantitative estimate of drug-likeness (QED) is 0.763. The molecule has 1 aromatic rings. The number of carbonyl (C=O) groups excluding carboxylic acids is 1. The molecule has 9 heteroatoms. The van der Waals surface area contributed by atoms with Crippen LogP contribution in [-0.4, -0.2) is 80.3 Å². The van der Waals surface area contributed by atoms with E-state index in [1.165, 1.54) is 25.5 Å². The summed E-state index contributed by atoms with van der Waals surface area (Å²) in [5.74, 6) is 0.0443. The summed E-state index contributed by atoms with van der Waals surface area (Å²) < 4.78 is 33.6. The van der Waals surface area contributed by atoms with Gasteiger partial charge >= 0.3 is 0 Å². The van der Waals surface area contributed by atoms with Gasteiger partial charge in [-0.05, 0) is 30.9 Å². The molecular weight excluding hydrogens is 362 g/mol. The minimum atomic E-state index is -3.44. The van der Waals surface area contributed by atoms with Gasteiger partial charge < -0.3 is 9.64 Å². The van der Waals surface area contributed by atoms with Crippen molar-refractivity contribution in [2.45, 2.75) is 19.3 Å². The molecule has 7 nitrogen and oxygen atoms in total. The average Bonchev–Trinajstić information content (AvgIpc) is 3.24. The minimum Gasteiger partial charge on any atom is -0.379 e. The van der Waals surface area contributed by atoms with Crippen LogP contribution in [-0.2, 0) is 27.8 Å². The summed E-state index contributed by atoms with van der Waals surface area (Å²) in [5.41, 5.74) is 1.32. The lowest BCUT2D eigenvalue weighted by atomic mass is 10.2. The summed E-state index contributed by atoms with van der Waals surface area (Å²) in [4.78, 5) is 16.6. The van der Waals surface area contributed by atoms with Crippen LogP contribution in [0.4, 0.5) is 0 Å². The lowest BCUT2D eigenvalue weighted by molar-refractivity contribution is 0.0639. The number of hydrogen-bond acceptors (Lipinski definition) is 5. The van der Waals surface area contributed by atoms with Gasteiger partial charge in [-0.3, -0.25) is 4.79 Å². The van der Waals surface area contributed by atoms with Gasteiger partial charge in [0.15, 0.2) is 0 Å². The Bertz CT molecular complexity index is 726. The molecule has 1 amide bonds. The fraction of sp³-hybridized carbons (Fsp3) is 0.688. The number of rotatable bonds is 3. The first-order valence-electron chi connectivity index (χ1n) is 8.79. The van der Waals surface area contributed by atoms with Crippen LogP contribution < -0.4 is 0 Å². The molecule has 0 N–H and O–H groups in total. The Morgan fingerprint density at radius 1 is 1.00 bits per heavy atom. The highest BCUT2D eigenvalue weighted by Crippen LogP contribution is 2.31. The van der Waals surface area contributed by atoms with Crippen molar-refractivity contribution in [3.8, 4) is 0 Å². The summed E-state index contributed by atoms with van der Waals surface area (Å²) in [5, 5.41) is 0. The van der Waals surface area contributed by atoms with Gasteiger partial charge in [0, 0.05) is 44.1 Å². The highest BCUT2D eigenvalue weighted by molar-refractivity contribution is 7.86. The van der Waals surface area contributed by atoms with Crippen molar-refractivity contribution in [1.29, 1.82) is 0 Å². The van der Waals surface area contributed by atoms with E-state index in [0.717, 1.165) is 17.7 Å². The van der Waals surface area contributed by atoms with Crippen LogP contribution in [0.1, 0.15) is 26.5 Å². The first-order valence-corrected chi connectivity index (χ1v) is 11.0. The second kappa shape index (κ2) is 6.96. The number of nitrogens with zero attached hydrogens (tertiary/aromatic N) is 3. The minimum absolute atomic E-state index is 0.0443. The van der Waals surface area contributed by atoms with Crippen molar-refractivity contribution in [2.75, 3.05) is 52.5 Å². The van der Waals surface area contributed by atoms with Crippen LogP contribution in [0.3, 0.4) is 0 Å². The predicted molar refractivity (Wildman–Crippen MR) is 95.1 cm³/mol. The van der Waals surface area contributed by atoms with E-state index in [1.54, 1.807) is 16.2 Å². The third kappa shape index (κ3) is 3.35. The smallest absolute Gasteiger partial charge is 0.282 e. The van der Waals surface area contributed by atoms with E-state index >= 15 is 0 Å². The molecule has 25 heavy (non-hydrogen) atoms. The molecule has 0 aromatic carbocycles. The number of fused-ring (bicyclic) bond motifs is 1. The average molecular weight is 386 g/mol. The second-order valence-electron chi connectivity index (χ2n) is 6.62. The summed E-state index contributed by atoms with van der Waals surface area (Å²) in [6, 6.07) is 2.03. The highest BCUT2D eigenvalue weighted by Gasteiger charge is 2.34. The molecule has 3 heterocycles. The maximum atomic E-state index is 12.7. The van der Waals surface area contributed by atoms with E-state index in [-0.39, 0.29) is 5.91 Å². The van der Waals surface area contributed by atoms with Gasteiger partial charge in [0.2, 0.25) is 0 Å². The number of ether oxygens (including phenoxy) is 1. The molecule has 3 aliphatic rings. The molecule has 138 valence electrons. The molecule has 0 radical (unpaired) electrons. The van der Waals surface area contributed by atoms with Crippen LogP contribution in [0, 0.1) is 0 Å². The molecule has 2 saturated heterocycles. The number of amides is 1. The third-order valence-corrected chi connectivity index (χ3v) is 8.37. The molecule has 0 bridgehead atoms. The lowest BCUT2D eigenvalue weighted by Gasteiger charge is -2.37. The SMILES string of the molecule is O=C(c1cc2c(s1)CCC2)N1CCN(S(=O)(=O)N2CCOCC2)CC1. The number of hydrogen-bond donors (Lipinski definition) is 0.